The molecule has 0 amide bonds. The molecule has 0 saturated heterocycles. The fourth-order valence-electron chi connectivity index (χ4n) is 1.83. The van der Waals surface area contributed by atoms with E-state index < -0.39 is 6.43 Å². The molecule has 2 aromatic rings. The van der Waals surface area contributed by atoms with E-state index in [-0.39, 0.29) is 11.5 Å². The number of anilines is 1. The van der Waals surface area contributed by atoms with Crippen molar-refractivity contribution in [3.05, 3.63) is 41.6 Å². The smallest absolute Gasteiger partial charge is 0.263 e. The van der Waals surface area contributed by atoms with Crippen molar-refractivity contribution in [2.45, 2.75) is 26.2 Å². The molecule has 0 spiro atoms. The number of nitrogens with one attached hydrogen (secondary N) is 1. The molecule has 1 heterocycles. The van der Waals surface area contributed by atoms with Gasteiger partial charge in [-0.25, -0.2) is 18.7 Å². The first-order valence-corrected chi connectivity index (χ1v) is 6.46. The molecular formula is C15H17F2N3. The van der Waals surface area contributed by atoms with Crippen LogP contribution < -0.4 is 5.32 Å². The van der Waals surface area contributed by atoms with Gasteiger partial charge in [0.05, 0.1) is 0 Å². The van der Waals surface area contributed by atoms with E-state index in [1.807, 2.05) is 19.9 Å². The Morgan fingerprint density at radius 3 is 2.45 bits per heavy atom. The second kappa shape index (κ2) is 5.94. The summed E-state index contributed by atoms with van der Waals surface area (Å²) in [5, 5.41) is 2.97. The maximum Gasteiger partial charge on any atom is 0.263 e. The molecule has 0 fully saturated rings. The highest BCUT2D eigenvalue weighted by Gasteiger charge is 2.12. The maximum atomic E-state index is 12.8. The van der Waals surface area contributed by atoms with E-state index in [4.69, 9.17) is 0 Å². The minimum atomic E-state index is -2.49. The van der Waals surface area contributed by atoms with Crippen molar-refractivity contribution in [2.24, 2.45) is 0 Å². The monoisotopic (exact) mass is 277 g/mol. The predicted molar refractivity (Wildman–Crippen MR) is 76.1 cm³/mol. The normalized spacial score (nSPS) is 11.2. The zero-order valence-electron chi connectivity index (χ0n) is 11.7. The zero-order valence-corrected chi connectivity index (χ0v) is 11.7. The van der Waals surface area contributed by atoms with Crippen molar-refractivity contribution < 1.29 is 8.78 Å². The molecule has 0 radical (unpaired) electrons. The lowest BCUT2D eigenvalue weighted by Crippen LogP contribution is -2.02. The second-order valence-corrected chi connectivity index (χ2v) is 4.83. The van der Waals surface area contributed by atoms with E-state index in [0.717, 1.165) is 5.69 Å². The number of rotatable bonds is 4. The third kappa shape index (κ3) is 3.10. The van der Waals surface area contributed by atoms with Gasteiger partial charge in [-0.3, -0.25) is 0 Å². The molecule has 1 N–H and O–H groups in total. The topological polar surface area (TPSA) is 37.8 Å². The summed E-state index contributed by atoms with van der Waals surface area (Å²) < 4.78 is 25.5. The first kappa shape index (κ1) is 14.4. The molecule has 2 rings (SSSR count). The van der Waals surface area contributed by atoms with Crippen LogP contribution in [0.15, 0.2) is 30.3 Å². The van der Waals surface area contributed by atoms with Gasteiger partial charge in [0.15, 0.2) is 5.82 Å². The van der Waals surface area contributed by atoms with Crippen molar-refractivity contribution >= 4 is 5.82 Å². The number of benzene rings is 1. The van der Waals surface area contributed by atoms with Gasteiger partial charge in [0.2, 0.25) is 0 Å². The van der Waals surface area contributed by atoms with Crippen molar-refractivity contribution in [3.63, 3.8) is 0 Å². The summed E-state index contributed by atoms with van der Waals surface area (Å²) in [6, 6.07) is 8.04. The van der Waals surface area contributed by atoms with E-state index >= 15 is 0 Å². The largest absolute Gasteiger partial charge is 0.373 e. The van der Waals surface area contributed by atoms with Crippen LogP contribution in [0, 0.1) is 0 Å². The van der Waals surface area contributed by atoms with E-state index in [0.29, 0.717) is 17.2 Å². The SMILES string of the molecule is CNc1cc(C(C)C)nc(-c2cccc(C(F)F)c2)n1. The summed E-state index contributed by atoms with van der Waals surface area (Å²) in [5.74, 6) is 1.38. The number of nitrogens with zero attached hydrogens (tertiary/aromatic N) is 2. The number of alkyl halides is 2. The lowest BCUT2D eigenvalue weighted by atomic mass is 10.1. The van der Waals surface area contributed by atoms with Gasteiger partial charge in [0.1, 0.15) is 5.82 Å². The van der Waals surface area contributed by atoms with Crippen molar-refractivity contribution in [3.8, 4) is 11.4 Å². The predicted octanol–water partition coefficient (Wildman–Crippen LogP) is 4.25. The van der Waals surface area contributed by atoms with Gasteiger partial charge in [0.25, 0.3) is 6.43 Å². The fourth-order valence-corrected chi connectivity index (χ4v) is 1.83. The number of hydrogen-bond donors (Lipinski definition) is 1. The minimum Gasteiger partial charge on any atom is -0.373 e. The average Bonchev–Trinajstić information content (AvgIpc) is 2.46. The van der Waals surface area contributed by atoms with Crippen molar-refractivity contribution in [2.75, 3.05) is 12.4 Å². The van der Waals surface area contributed by atoms with E-state index in [1.54, 1.807) is 19.2 Å². The average molecular weight is 277 g/mol. The van der Waals surface area contributed by atoms with Crippen LogP contribution in [0.5, 0.6) is 0 Å². The summed E-state index contributed by atoms with van der Waals surface area (Å²) >= 11 is 0. The second-order valence-electron chi connectivity index (χ2n) is 4.83. The third-order valence-electron chi connectivity index (χ3n) is 2.99. The Kier molecular flexibility index (Phi) is 4.27. The summed E-state index contributed by atoms with van der Waals surface area (Å²) in [5.41, 5.74) is 1.45. The molecule has 0 bridgehead atoms. The Morgan fingerprint density at radius 1 is 1.10 bits per heavy atom. The van der Waals surface area contributed by atoms with Crippen LogP contribution in [-0.2, 0) is 0 Å². The van der Waals surface area contributed by atoms with Gasteiger partial charge in [-0.15, -0.1) is 0 Å². The first-order chi connectivity index (χ1) is 9.51. The number of aromatic nitrogens is 2. The molecule has 0 aliphatic rings. The summed E-state index contributed by atoms with van der Waals surface area (Å²) in [4.78, 5) is 8.79. The molecular weight excluding hydrogens is 260 g/mol. The van der Waals surface area contributed by atoms with Gasteiger partial charge >= 0.3 is 0 Å². The van der Waals surface area contributed by atoms with Gasteiger partial charge in [0, 0.05) is 29.9 Å². The quantitative estimate of drug-likeness (QED) is 0.908. The molecule has 106 valence electrons. The lowest BCUT2D eigenvalue weighted by Gasteiger charge is -2.10. The molecule has 1 aromatic carbocycles. The van der Waals surface area contributed by atoms with Gasteiger partial charge in [-0.1, -0.05) is 32.0 Å². The first-order valence-electron chi connectivity index (χ1n) is 6.46. The highest BCUT2D eigenvalue weighted by Crippen LogP contribution is 2.26. The molecule has 20 heavy (non-hydrogen) atoms. The van der Waals surface area contributed by atoms with Gasteiger partial charge in [-0.05, 0) is 12.0 Å². The molecule has 0 aliphatic carbocycles. The van der Waals surface area contributed by atoms with E-state index in [9.17, 15) is 8.78 Å². The molecule has 0 unspecified atom stereocenters. The van der Waals surface area contributed by atoms with Crippen LogP contribution in [-0.4, -0.2) is 17.0 Å². The molecule has 0 saturated carbocycles. The number of halogens is 2. The summed E-state index contributed by atoms with van der Waals surface area (Å²) in [7, 11) is 1.77. The molecule has 1 aromatic heterocycles. The van der Waals surface area contributed by atoms with Crippen LogP contribution in [0.4, 0.5) is 14.6 Å². The van der Waals surface area contributed by atoms with Gasteiger partial charge in [-0.2, -0.15) is 0 Å². The molecule has 0 atom stereocenters. The Morgan fingerprint density at radius 2 is 1.85 bits per heavy atom. The van der Waals surface area contributed by atoms with Gasteiger partial charge < -0.3 is 5.32 Å². The highest BCUT2D eigenvalue weighted by molar-refractivity contribution is 5.59. The number of hydrogen-bond acceptors (Lipinski definition) is 3. The van der Waals surface area contributed by atoms with Crippen LogP contribution in [0.3, 0.4) is 0 Å². The standard InChI is InChI=1S/C15H17F2N3/c1-9(2)12-8-13(18-3)20-15(19-12)11-6-4-5-10(7-11)14(16)17/h4-9,14H,1-3H3,(H,18,19,20). The van der Waals surface area contributed by atoms with E-state index in [1.165, 1.54) is 12.1 Å². The minimum absolute atomic E-state index is 0.0212. The van der Waals surface area contributed by atoms with E-state index in [2.05, 4.69) is 15.3 Å². The Hall–Kier alpha value is -2.04. The Bertz CT molecular complexity index is 597. The lowest BCUT2D eigenvalue weighted by molar-refractivity contribution is 0.151. The fraction of sp³-hybridized carbons (Fsp3) is 0.333. The van der Waals surface area contributed by atoms with Crippen LogP contribution in [0.25, 0.3) is 11.4 Å². The third-order valence-corrected chi connectivity index (χ3v) is 2.99. The molecule has 3 nitrogen and oxygen atoms in total. The van der Waals surface area contributed by atoms with Crippen LogP contribution >= 0.6 is 0 Å². The van der Waals surface area contributed by atoms with Crippen molar-refractivity contribution in [1.29, 1.82) is 0 Å². The Labute approximate surface area is 117 Å². The van der Waals surface area contributed by atoms with Crippen molar-refractivity contribution in [1.82, 2.24) is 9.97 Å². The zero-order chi connectivity index (χ0) is 14.7. The van der Waals surface area contributed by atoms with Crippen LogP contribution in [0.1, 0.15) is 37.4 Å². The Balaban J connectivity index is 2.51. The highest BCUT2D eigenvalue weighted by atomic mass is 19.3. The van der Waals surface area contributed by atoms with Crippen LogP contribution in [0.2, 0.25) is 0 Å². The molecule has 0 aliphatic heterocycles. The summed E-state index contributed by atoms with van der Waals surface area (Å²) in [6.07, 6.45) is -2.49. The molecule has 5 heteroatoms. The summed E-state index contributed by atoms with van der Waals surface area (Å²) in [6.45, 7) is 4.06. The maximum absolute atomic E-state index is 12.8.